The molecule has 0 saturated heterocycles. The average Bonchev–Trinajstić information content (AvgIpc) is 3.13. The molecular weight excluding hydrogens is 210 g/mol. The summed E-state index contributed by atoms with van der Waals surface area (Å²) in [6.45, 7) is 3.50. The Morgan fingerprint density at radius 1 is 1.18 bits per heavy atom. The van der Waals surface area contributed by atoms with Crippen LogP contribution in [0, 0.1) is 5.41 Å². The smallest absolute Gasteiger partial charge is 0.191 e. The molecule has 0 unspecified atom stereocenters. The molecule has 3 heteroatoms. The van der Waals surface area contributed by atoms with Crippen molar-refractivity contribution in [3.05, 3.63) is 0 Å². The first-order valence-corrected chi connectivity index (χ1v) is 7.19. The third-order valence-electron chi connectivity index (χ3n) is 4.14. The molecule has 0 spiro atoms. The molecule has 0 heterocycles. The van der Waals surface area contributed by atoms with Crippen LogP contribution in [0.25, 0.3) is 0 Å². The van der Waals surface area contributed by atoms with E-state index in [4.69, 9.17) is 0 Å². The van der Waals surface area contributed by atoms with E-state index in [2.05, 4.69) is 22.5 Å². The summed E-state index contributed by atoms with van der Waals surface area (Å²) >= 11 is 0. The number of hydrogen-bond donors (Lipinski definition) is 2. The Kier molecular flexibility index (Phi) is 4.30. The lowest BCUT2D eigenvalue weighted by molar-refractivity contribution is 0.277. The van der Waals surface area contributed by atoms with E-state index in [9.17, 15) is 0 Å². The summed E-state index contributed by atoms with van der Waals surface area (Å²) in [5.74, 6) is 0.998. The zero-order valence-electron chi connectivity index (χ0n) is 11.4. The van der Waals surface area contributed by atoms with Gasteiger partial charge >= 0.3 is 0 Å². The summed E-state index contributed by atoms with van der Waals surface area (Å²) in [6.07, 6.45) is 11.0. The molecule has 0 bridgehead atoms. The molecule has 0 aromatic heterocycles. The molecule has 0 amide bonds. The molecule has 3 nitrogen and oxygen atoms in total. The van der Waals surface area contributed by atoms with Gasteiger partial charge in [0.25, 0.3) is 0 Å². The Balaban J connectivity index is 1.77. The van der Waals surface area contributed by atoms with E-state index in [1.807, 2.05) is 7.05 Å². The lowest BCUT2D eigenvalue weighted by Crippen LogP contribution is -2.43. The minimum atomic E-state index is 0.470. The van der Waals surface area contributed by atoms with Crippen LogP contribution in [0.3, 0.4) is 0 Å². The molecule has 2 N–H and O–H groups in total. The van der Waals surface area contributed by atoms with Crippen molar-refractivity contribution in [2.75, 3.05) is 13.6 Å². The van der Waals surface area contributed by atoms with Gasteiger partial charge in [-0.05, 0) is 31.1 Å². The normalized spacial score (nSPS) is 25.2. The standard InChI is InChI=1S/C14H27N3/c1-14(9-5-3-4-6-10-14)11-16-13(15-2)17-12-7-8-12/h12H,3-11H2,1-2H3,(H2,15,16,17). The number of rotatable bonds is 3. The first kappa shape index (κ1) is 12.7. The van der Waals surface area contributed by atoms with Crippen LogP contribution >= 0.6 is 0 Å². The van der Waals surface area contributed by atoms with E-state index in [0.717, 1.165) is 12.5 Å². The summed E-state index contributed by atoms with van der Waals surface area (Å²) in [7, 11) is 1.87. The molecular formula is C14H27N3. The first-order chi connectivity index (χ1) is 8.22. The van der Waals surface area contributed by atoms with Crippen molar-refractivity contribution in [2.45, 2.75) is 64.3 Å². The van der Waals surface area contributed by atoms with Crippen LogP contribution in [0.15, 0.2) is 4.99 Å². The van der Waals surface area contributed by atoms with Gasteiger partial charge in [-0.1, -0.05) is 32.6 Å². The van der Waals surface area contributed by atoms with E-state index < -0.39 is 0 Å². The molecule has 0 atom stereocenters. The summed E-state index contributed by atoms with van der Waals surface area (Å²) in [4.78, 5) is 4.30. The Bertz CT molecular complexity index is 261. The van der Waals surface area contributed by atoms with Gasteiger partial charge in [0, 0.05) is 19.6 Å². The zero-order chi connectivity index (χ0) is 12.1. The van der Waals surface area contributed by atoms with Gasteiger partial charge in [-0.2, -0.15) is 0 Å². The topological polar surface area (TPSA) is 36.4 Å². The van der Waals surface area contributed by atoms with Crippen LogP contribution in [0.2, 0.25) is 0 Å². The lowest BCUT2D eigenvalue weighted by atomic mass is 9.82. The average molecular weight is 237 g/mol. The summed E-state index contributed by atoms with van der Waals surface area (Å²) in [5, 5.41) is 6.97. The Morgan fingerprint density at radius 3 is 2.35 bits per heavy atom. The number of nitrogens with zero attached hydrogens (tertiary/aromatic N) is 1. The maximum Gasteiger partial charge on any atom is 0.191 e. The highest BCUT2D eigenvalue weighted by Crippen LogP contribution is 2.33. The van der Waals surface area contributed by atoms with Crippen LogP contribution in [-0.2, 0) is 0 Å². The van der Waals surface area contributed by atoms with Gasteiger partial charge in [-0.15, -0.1) is 0 Å². The third kappa shape index (κ3) is 4.21. The second-order valence-electron chi connectivity index (χ2n) is 6.07. The van der Waals surface area contributed by atoms with Crippen LogP contribution in [0.4, 0.5) is 0 Å². The Morgan fingerprint density at radius 2 is 1.82 bits per heavy atom. The van der Waals surface area contributed by atoms with Crippen LogP contribution < -0.4 is 10.6 Å². The fourth-order valence-corrected chi connectivity index (χ4v) is 2.67. The maximum absolute atomic E-state index is 4.30. The largest absolute Gasteiger partial charge is 0.356 e. The Labute approximate surface area is 105 Å². The third-order valence-corrected chi connectivity index (χ3v) is 4.14. The minimum Gasteiger partial charge on any atom is -0.356 e. The fraction of sp³-hybridized carbons (Fsp3) is 0.929. The van der Waals surface area contributed by atoms with Gasteiger partial charge in [-0.25, -0.2) is 0 Å². The van der Waals surface area contributed by atoms with E-state index in [1.165, 1.54) is 51.4 Å². The first-order valence-electron chi connectivity index (χ1n) is 7.19. The van der Waals surface area contributed by atoms with Crippen molar-refractivity contribution in [1.82, 2.24) is 10.6 Å². The molecule has 0 radical (unpaired) electrons. The molecule has 0 aromatic carbocycles. The van der Waals surface area contributed by atoms with Crippen molar-refractivity contribution in [3.63, 3.8) is 0 Å². The number of aliphatic imine (C=N–C) groups is 1. The lowest BCUT2D eigenvalue weighted by Gasteiger charge is -2.29. The molecule has 0 aliphatic heterocycles. The second-order valence-corrected chi connectivity index (χ2v) is 6.07. The van der Waals surface area contributed by atoms with Crippen LogP contribution in [0.5, 0.6) is 0 Å². The van der Waals surface area contributed by atoms with Gasteiger partial charge in [0.1, 0.15) is 0 Å². The van der Waals surface area contributed by atoms with Gasteiger partial charge in [-0.3, -0.25) is 4.99 Å². The van der Waals surface area contributed by atoms with Gasteiger partial charge in [0.15, 0.2) is 5.96 Å². The molecule has 2 fully saturated rings. The summed E-state index contributed by atoms with van der Waals surface area (Å²) in [6, 6.07) is 0.683. The molecule has 2 rings (SSSR count). The van der Waals surface area contributed by atoms with Crippen molar-refractivity contribution >= 4 is 5.96 Å². The van der Waals surface area contributed by atoms with E-state index in [-0.39, 0.29) is 0 Å². The van der Waals surface area contributed by atoms with Crippen molar-refractivity contribution < 1.29 is 0 Å². The predicted octanol–water partition coefficient (Wildman–Crippen LogP) is 2.67. The van der Waals surface area contributed by atoms with E-state index in [0.29, 0.717) is 11.5 Å². The van der Waals surface area contributed by atoms with Crippen molar-refractivity contribution in [1.29, 1.82) is 0 Å². The van der Waals surface area contributed by atoms with E-state index >= 15 is 0 Å². The summed E-state index contributed by atoms with van der Waals surface area (Å²) < 4.78 is 0. The minimum absolute atomic E-state index is 0.470. The van der Waals surface area contributed by atoms with Crippen LogP contribution in [0.1, 0.15) is 58.3 Å². The predicted molar refractivity (Wildman–Crippen MR) is 73.3 cm³/mol. The highest BCUT2D eigenvalue weighted by atomic mass is 15.2. The second kappa shape index (κ2) is 5.74. The van der Waals surface area contributed by atoms with Gasteiger partial charge in [0.05, 0.1) is 0 Å². The molecule has 2 aliphatic carbocycles. The quantitative estimate of drug-likeness (QED) is 0.450. The van der Waals surface area contributed by atoms with Crippen molar-refractivity contribution in [2.24, 2.45) is 10.4 Å². The van der Waals surface area contributed by atoms with Crippen LogP contribution in [-0.4, -0.2) is 25.6 Å². The molecule has 17 heavy (non-hydrogen) atoms. The highest BCUT2D eigenvalue weighted by molar-refractivity contribution is 5.80. The molecule has 0 aromatic rings. The Hall–Kier alpha value is -0.730. The fourth-order valence-electron chi connectivity index (χ4n) is 2.67. The SMILES string of the molecule is CN=C(NCC1(C)CCCCCC1)NC1CC1. The maximum atomic E-state index is 4.30. The number of guanidine groups is 1. The zero-order valence-corrected chi connectivity index (χ0v) is 11.4. The monoisotopic (exact) mass is 237 g/mol. The van der Waals surface area contributed by atoms with Gasteiger partial charge in [0.2, 0.25) is 0 Å². The highest BCUT2D eigenvalue weighted by Gasteiger charge is 2.27. The van der Waals surface area contributed by atoms with Crippen molar-refractivity contribution in [3.8, 4) is 0 Å². The summed E-state index contributed by atoms with van der Waals surface area (Å²) in [5.41, 5.74) is 0.470. The number of hydrogen-bond acceptors (Lipinski definition) is 1. The number of nitrogens with one attached hydrogen (secondary N) is 2. The molecule has 2 saturated carbocycles. The molecule has 98 valence electrons. The molecule has 2 aliphatic rings. The van der Waals surface area contributed by atoms with E-state index in [1.54, 1.807) is 0 Å². The van der Waals surface area contributed by atoms with Gasteiger partial charge < -0.3 is 10.6 Å².